The number of carbonyl (C=O) groups excluding carboxylic acids is 3. The lowest BCUT2D eigenvalue weighted by molar-refractivity contribution is -0.210. The van der Waals surface area contributed by atoms with Gasteiger partial charge in [-0.2, -0.15) is 0 Å². The van der Waals surface area contributed by atoms with Gasteiger partial charge in [0.25, 0.3) is 0 Å². The summed E-state index contributed by atoms with van der Waals surface area (Å²) in [6.45, 7) is 16.7. The second-order valence-corrected chi connectivity index (χ2v) is 18.7. The molecule has 2 aromatic rings. The Morgan fingerprint density at radius 1 is 1.00 bits per heavy atom. The third-order valence-electron chi connectivity index (χ3n) is 13.9. The molecule has 3 saturated carbocycles. The number of aliphatic hydroxyl groups is 1. The minimum absolute atomic E-state index is 0.0859. The van der Waals surface area contributed by atoms with Crippen molar-refractivity contribution in [3.05, 3.63) is 104 Å². The highest BCUT2D eigenvalue weighted by Gasteiger charge is 2.77. The van der Waals surface area contributed by atoms with Gasteiger partial charge in [0.1, 0.15) is 22.8 Å². The molecule has 0 amide bonds. The first-order valence-electron chi connectivity index (χ1n) is 21.7. The molecular formula is C51H60N2O8. The number of Topliss-reactive ketones (excluding diaryl/α,β-unsaturated/α-hetero) is 2. The summed E-state index contributed by atoms with van der Waals surface area (Å²) in [6, 6.07) is 7.60. The molecule has 6 atom stereocenters. The maximum atomic E-state index is 15.5. The number of fused-ring (bicyclic) bond motifs is 7. The van der Waals surface area contributed by atoms with Crippen LogP contribution in [0.3, 0.4) is 0 Å². The highest BCUT2D eigenvalue weighted by molar-refractivity contribution is 6.23. The average Bonchev–Trinajstić information content (AvgIpc) is 3.52. The minimum atomic E-state index is -2.16. The van der Waals surface area contributed by atoms with Crippen molar-refractivity contribution in [3.63, 3.8) is 0 Å². The predicted octanol–water partition coefficient (Wildman–Crippen LogP) is 8.57. The molecule has 3 N–H and O–H groups in total. The summed E-state index contributed by atoms with van der Waals surface area (Å²) in [7, 11) is 2.95. The molecule has 2 bridgehead atoms. The fourth-order valence-corrected chi connectivity index (χ4v) is 11.2. The maximum Gasteiger partial charge on any atom is 0.333 e. The summed E-state index contributed by atoms with van der Waals surface area (Å²) in [6.07, 6.45) is 12.3. The summed E-state index contributed by atoms with van der Waals surface area (Å²) in [5.41, 5.74) is 10.9. The van der Waals surface area contributed by atoms with E-state index in [9.17, 15) is 14.7 Å². The molecule has 0 aromatic heterocycles. The van der Waals surface area contributed by atoms with Crippen LogP contribution in [0.4, 0.5) is 0 Å². The molecule has 61 heavy (non-hydrogen) atoms. The van der Waals surface area contributed by atoms with Crippen LogP contribution in [0.2, 0.25) is 0 Å². The molecule has 10 heteroatoms. The lowest BCUT2D eigenvalue weighted by atomic mass is 9.43. The van der Waals surface area contributed by atoms with Crippen LogP contribution < -0.4 is 19.9 Å². The van der Waals surface area contributed by atoms with E-state index in [0.717, 1.165) is 46.5 Å². The highest BCUT2D eigenvalue weighted by atomic mass is 16.5. The number of nitrogens with two attached hydrogens (primary N) is 1. The number of hydrogen-bond donors (Lipinski definition) is 2. The first-order valence-corrected chi connectivity index (χ1v) is 21.7. The Bertz CT molecular complexity index is 2440. The molecular weight excluding hydrogens is 769 g/mol. The van der Waals surface area contributed by atoms with E-state index in [1.165, 1.54) is 12.7 Å². The van der Waals surface area contributed by atoms with Gasteiger partial charge in [-0.3, -0.25) is 9.59 Å². The molecule has 4 aliphatic carbocycles. The summed E-state index contributed by atoms with van der Waals surface area (Å²) < 4.78 is 26.5. The largest absolute Gasteiger partial charge is 0.495 e. The van der Waals surface area contributed by atoms with Crippen molar-refractivity contribution in [2.45, 2.75) is 104 Å². The van der Waals surface area contributed by atoms with E-state index in [4.69, 9.17) is 24.7 Å². The second-order valence-electron chi connectivity index (χ2n) is 18.7. The number of methoxy groups -OCH3 is 2. The van der Waals surface area contributed by atoms with E-state index in [-0.39, 0.29) is 30.2 Å². The van der Waals surface area contributed by atoms with E-state index in [2.05, 4.69) is 77.7 Å². The molecule has 9 rings (SSSR count). The zero-order valence-electron chi connectivity index (χ0n) is 37.3. The Hall–Kier alpha value is -5.19. The van der Waals surface area contributed by atoms with Gasteiger partial charge >= 0.3 is 5.97 Å². The van der Waals surface area contributed by atoms with E-state index in [1.54, 1.807) is 20.1 Å². The molecule has 6 unspecified atom stereocenters. The normalized spacial score (nSPS) is 27.8. The monoisotopic (exact) mass is 828 g/mol. The van der Waals surface area contributed by atoms with Crippen LogP contribution in [0.25, 0.3) is 17.5 Å². The standard InChI is InChI=1S/C51H60N2O8/c1-27(2)14-13-21-49(8)22-20-34-44(60-49)33(18-17-28(3)4)46-39(45(34)58-9)42-40-37(38-41(53(42)25-24-52)31-15-11-12-16-32(31)43(38)54)35-26-36(29(5)6)51(40,61-46)50(57,47(35)55)23-19-30(7)48(56)59-10/h11-12,14-17,19-20,22,29,35-37,57H,13,18,21,23-26,52H2,1-10H3/b30-19-. The van der Waals surface area contributed by atoms with Crippen LogP contribution in [0.1, 0.15) is 114 Å². The number of carbonyl (C=O) groups is 3. The van der Waals surface area contributed by atoms with Gasteiger partial charge in [-0.1, -0.05) is 67.5 Å². The van der Waals surface area contributed by atoms with Gasteiger partial charge in [-0.05, 0) is 85.3 Å². The lowest BCUT2D eigenvalue weighted by Gasteiger charge is -2.66. The van der Waals surface area contributed by atoms with Gasteiger partial charge in [0, 0.05) is 70.7 Å². The van der Waals surface area contributed by atoms with Gasteiger partial charge in [-0.25, -0.2) is 4.79 Å². The molecule has 2 aromatic carbocycles. The summed E-state index contributed by atoms with van der Waals surface area (Å²) in [5.74, 6) is -1.42. The number of hydrogen-bond acceptors (Lipinski definition) is 10. The maximum absolute atomic E-state index is 15.5. The Balaban J connectivity index is 1.51. The van der Waals surface area contributed by atoms with Crippen LogP contribution in [-0.4, -0.2) is 71.7 Å². The molecule has 0 radical (unpaired) electrons. The molecule has 0 saturated heterocycles. The Kier molecular flexibility index (Phi) is 10.7. The molecule has 3 heterocycles. The Morgan fingerprint density at radius 3 is 2.34 bits per heavy atom. The molecule has 7 aliphatic rings. The van der Waals surface area contributed by atoms with Crippen molar-refractivity contribution in [1.82, 2.24) is 4.90 Å². The minimum Gasteiger partial charge on any atom is -0.495 e. The number of ether oxygens (including phenoxy) is 4. The van der Waals surface area contributed by atoms with Gasteiger partial charge in [0.2, 0.25) is 0 Å². The molecule has 322 valence electrons. The number of rotatable bonds is 12. The number of nitrogens with zero attached hydrogens (tertiary/aromatic N) is 1. The Labute approximate surface area is 359 Å². The van der Waals surface area contributed by atoms with Crippen molar-refractivity contribution in [2.75, 3.05) is 27.3 Å². The van der Waals surface area contributed by atoms with Crippen LogP contribution in [-0.2, 0) is 20.7 Å². The molecule has 10 nitrogen and oxygen atoms in total. The van der Waals surface area contributed by atoms with Gasteiger partial charge in [0.05, 0.1) is 36.7 Å². The molecule has 1 spiro atoms. The Morgan fingerprint density at radius 2 is 1.70 bits per heavy atom. The summed E-state index contributed by atoms with van der Waals surface area (Å²) >= 11 is 0. The van der Waals surface area contributed by atoms with Gasteiger partial charge < -0.3 is 34.7 Å². The fourth-order valence-electron chi connectivity index (χ4n) is 11.2. The number of benzene rings is 2. The van der Waals surface area contributed by atoms with Crippen LogP contribution in [0.5, 0.6) is 17.2 Å². The van der Waals surface area contributed by atoms with Crippen LogP contribution >= 0.6 is 0 Å². The third-order valence-corrected chi connectivity index (χ3v) is 13.9. The van der Waals surface area contributed by atoms with Crippen molar-refractivity contribution >= 4 is 35.0 Å². The first kappa shape index (κ1) is 42.5. The van der Waals surface area contributed by atoms with E-state index in [0.29, 0.717) is 58.9 Å². The van der Waals surface area contributed by atoms with E-state index in [1.807, 2.05) is 24.3 Å². The summed E-state index contributed by atoms with van der Waals surface area (Å²) in [4.78, 5) is 45.4. The average molecular weight is 829 g/mol. The van der Waals surface area contributed by atoms with Gasteiger partial charge in [0.15, 0.2) is 22.8 Å². The number of allylic oxidation sites excluding steroid dienone is 5. The number of esters is 1. The molecule has 3 aliphatic heterocycles. The third kappa shape index (κ3) is 6.14. The smallest absolute Gasteiger partial charge is 0.333 e. The second kappa shape index (κ2) is 15.3. The predicted molar refractivity (Wildman–Crippen MR) is 237 cm³/mol. The van der Waals surface area contributed by atoms with Crippen molar-refractivity contribution < 1.29 is 38.4 Å². The molecule has 3 fully saturated rings. The van der Waals surface area contributed by atoms with Crippen molar-refractivity contribution in [2.24, 2.45) is 29.4 Å². The van der Waals surface area contributed by atoms with Crippen LogP contribution in [0, 0.1) is 23.7 Å². The van der Waals surface area contributed by atoms with Crippen LogP contribution in [0.15, 0.2) is 76.4 Å². The zero-order valence-corrected chi connectivity index (χ0v) is 37.3. The summed E-state index contributed by atoms with van der Waals surface area (Å²) in [5, 5.41) is 13.7. The van der Waals surface area contributed by atoms with E-state index < -0.39 is 46.3 Å². The fraction of sp³-hybridized carbons (Fsp3) is 0.471. The zero-order chi connectivity index (χ0) is 43.9. The topological polar surface area (TPSA) is 138 Å². The highest BCUT2D eigenvalue weighted by Crippen LogP contribution is 2.71. The quantitative estimate of drug-likeness (QED) is 0.122. The SMILES string of the molecule is COC(=O)/C(C)=C\CC1(O)C(=O)C2CC(C(C)C)C13Oc1c(CC=C(C)C)c4c(c(OC)c1C1=C3C2C2=C(c3ccccc3C2=O)N1CCN)C=CC(C)(CCC=C(C)C)O4. The first-order chi connectivity index (χ1) is 29.0. The van der Waals surface area contributed by atoms with E-state index >= 15 is 4.79 Å². The number of ketones is 2. The van der Waals surface area contributed by atoms with Gasteiger partial charge in [-0.15, -0.1) is 0 Å². The van der Waals surface area contributed by atoms with Crippen molar-refractivity contribution in [1.29, 1.82) is 0 Å². The van der Waals surface area contributed by atoms with Crippen molar-refractivity contribution in [3.8, 4) is 17.2 Å². The lowest BCUT2D eigenvalue weighted by Crippen LogP contribution is -2.78.